The minimum Gasteiger partial charge on any atom is -0.490 e. The number of alkyl halides is 3. The molecule has 0 aliphatic rings. The number of carbonyl (C=O) groups is 2. The van der Waals surface area contributed by atoms with Gasteiger partial charge in [-0.3, -0.25) is 21.1 Å². The van der Waals surface area contributed by atoms with Crippen molar-refractivity contribution in [2.24, 2.45) is 5.73 Å². The summed E-state index contributed by atoms with van der Waals surface area (Å²) in [5.41, 5.74) is 9.79. The summed E-state index contributed by atoms with van der Waals surface area (Å²) < 4.78 is 69.8. The summed E-state index contributed by atoms with van der Waals surface area (Å²) >= 11 is 0. The molecular formula is C27H28F4N6O5. The number of halogens is 4. The number of amides is 1. The topological polar surface area (TPSA) is 161 Å². The van der Waals surface area contributed by atoms with Crippen molar-refractivity contribution < 1.29 is 41.4 Å². The second-order valence-corrected chi connectivity index (χ2v) is 8.84. The Bertz CT molecular complexity index is 1440. The van der Waals surface area contributed by atoms with Crippen LogP contribution >= 0.6 is 0 Å². The van der Waals surface area contributed by atoms with Crippen molar-refractivity contribution >= 4 is 29.2 Å². The van der Waals surface area contributed by atoms with Crippen LogP contribution in [-0.4, -0.2) is 41.6 Å². The number of benzene rings is 2. The van der Waals surface area contributed by atoms with Gasteiger partial charge >= 0.3 is 12.1 Å². The lowest BCUT2D eigenvalue weighted by Gasteiger charge is -2.23. The van der Waals surface area contributed by atoms with E-state index in [1.807, 2.05) is 0 Å². The van der Waals surface area contributed by atoms with Gasteiger partial charge in [-0.2, -0.15) is 13.2 Å². The minimum atomic E-state index is -5.34. The van der Waals surface area contributed by atoms with Crippen LogP contribution in [0.4, 0.5) is 29.1 Å². The van der Waals surface area contributed by atoms with Gasteiger partial charge in [0.15, 0.2) is 11.5 Å². The molecule has 0 aliphatic carbocycles. The number of aromatic nitrogens is 1. The Kier molecular flexibility index (Phi) is 10.1. The Morgan fingerprint density at radius 3 is 2.40 bits per heavy atom. The lowest BCUT2D eigenvalue weighted by Crippen LogP contribution is -2.37. The molecule has 6 N–H and O–H groups in total. The number of anilines is 2. The normalized spacial score (nSPS) is 11.8. The van der Waals surface area contributed by atoms with E-state index in [2.05, 4.69) is 25.9 Å². The molecule has 3 aromatic rings. The highest BCUT2D eigenvalue weighted by atomic mass is 19.4. The molecule has 0 bridgehead atoms. The predicted molar refractivity (Wildman–Crippen MR) is 145 cm³/mol. The SMILES string of the molecule is CCOc1cc(C(Nc2ccc(C(=N)N)c(OC(=O)C(F)(F)F)c2)C(=O)NNc2ccccn2)c(F)cc1OC(C)C. The summed E-state index contributed by atoms with van der Waals surface area (Å²) in [6, 6.07) is 8.89. The molecule has 0 saturated heterocycles. The quantitative estimate of drug-likeness (QED) is 0.0511. The van der Waals surface area contributed by atoms with E-state index >= 15 is 4.39 Å². The number of amidine groups is 1. The highest BCUT2D eigenvalue weighted by Crippen LogP contribution is 2.36. The molecule has 0 saturated carbocycles. The number of hydrazine groups is 1. The summed E-state index contributed by atoms with van der Waals surface area (Å²) in [6.45, 7) is 5.35. The molecule has 11 nitrogen and oxygen atoms in total. The van der Waals surface area contributed by atoms with Gasteiger partial charge in [0.1, 0.15) is 29.3 Å². The molecule has 0 spiro atoms. The predicted octanol–water partition coefficient (Wildman–Crippen LogP) is 4.45. The van der Waals surface area contributed by atoms with Crippen LogP contribution in [0.5, 0.6) is 17.2 Å². The second kappa shape index (κ2) is 13.5. The van der Waals surface area contributed by atoms with Crippen LogP contribution in [-0.2, 0) is 9.59 Å². The van der Waals surface area contributed by atoms with E-state index in [1.54, 1.807) is 39.0 Å². The zero-order chi connectivity index (χ0) is 31.0. The Balaban J connectivity index is 2.06. The van der Waals surface area contributed by atoms with Crippen LogP contribution in [0.1, 0.15) is 37.9 Å². The number of rotatable bonds is 12. The molecule has 0 aliphatic heterocycles. The number of carbonyl (C=O) groups excluding carboxylic acids is 2. The third-order valence-corrected chi connectivity index (χ3v) is 5.29. The fourth-order valence-electron chi connectivity index (χ4n) is 3.55. The Labute approximate surface area is 237 Å². The number of pyridine rings is 1. The van der Waals surface area contributed by atoms with Gasteiger partial charge in [0.2, 0.25) is 0 Å². The number of nitrogens with two attached hydrogens (primary N) is 1. The maximum atomic E-state index is 15.5. The number of hydrogen-bond donors (Lipinski definition) is 5. The first-order valence-corrected chi connectivity index (χ1v) is 12.4. The summed E-state index contributed by atoms with van der Waals surface area (Å²) in [5.74, 6) is -5.19. The average molecular weight is 593 g/mol. The number of nitrogens with zero attached hydrogens (tertiary/aromatic N) is 1. The molecule has 224 valence electrons. The zero-order valence-corrected chi connectivity index (χ0v) is 22.6. The molecule has 1 heterocycles. The van der Waals surface area contributed by atoms with Gasteiger partial charge in [0.05, 0.1) is 18.3 Å². The first kappa shape index (κ1) is 31.4. The molecule has 42 heavy (non-hydrogen) atoms. The van der Waals surface area contributed by atoms with Gasteiger partial charge in [-0.1, -0.05) is 6.07 Å². The summed E-state index contributed by atoms with van der Waals surface area (Å²) in [5, 5.41) is 10.3. The van der Waals surface area contributed by atoms with E-state index in [0.29, 0.717) is 0 Å². The summed E-state index contributed by atoms with van der Waals surface area (Å²) in [4.78, 5) is 28.9. The Hall–Kier alpha value is -5.08. The van der Waals surface area contributed by atoms with Gasteiger partial charge in [0.25, 0.3) is 5.91 Å². The van der Waals surface area contributed by atoms with Gasteiger partial charge in [-0.15, -0.1) is 0 Å². The minimum absolute atomic E-state index is 0.0807. The van der Waals surface area contributed by atoms with Crippen LogP contribution in [0.25, 0.3) is 0 Å². The molecule has 1 aromatic heterocycles. The van der Waals surface area contributed by atoms with Crippen molar-refractivity contribution in [1.29, 1.82) is 5.41 Å². The van der Waals surface area contributed by atoms with Gasteiger partial charge in [-0.05, 0) is 51.1 Å². The number of ether oxygens (including phenoxy) is 3. The first-order chi connectivity index (χ1) is 19.8. The monoisotopic (exact) mass is 592 g/mol. The molecule has 2 aromatic carbocycles. The highest BCUT2D eigenvalue weighted by molar-refractivity contribution is 5.99. The fourth-order valence-corrected chi connectivity index (χ4v) is 3.55. The Morgan fingerprint density at radius 1 is 1.07 bits per heavy atom. The molecule has 1 atom stereocenters. The lowest BCUT2D eigenvalue weighted by molar-refractivity contribution is -0.189. The average Bonchev–Trinajstić information content (AvgIpc) is 2.92. The van der Waals surface area contributed by atoms with E-state index in [0.717, 1.165) is 18.2 Å². The molecule has 15 heteroatoms. The molecule has 1 unspecified atom stereocenters. The van der Waals surface area contributed by atoms with Crippen LogP contribution in [0, 0.1) is 11.2 Å². The van der Waals surface area contributed by atoms with E-state index in [-0.39, 0.29) is 46.8 Å². The lowest BCUT2D eigenvalue weighted by atomic mass is 10.0. The largest absolute Gasteiger partial charge is 0.491 e. The van der Waals surface area contributed by atoms with Crippen LogP contribution in [0.3, 0.4) is 0 Å². The molecule has 0 fully saturated rings. The number of hydrogen-bond acceptors (Lipinski definition) is 9. The van der Waals surface area contributed by atoms with Gasteiger partial charge < -0.3 is 25.3 Å². The van der Waals surface area contributed by atoms with Gasteiger partial charge in [0, 0.05) is 29.6 Å². The zero-order valence-electron chi connectivity index (χ0n) is 22.6. The number of nitrogen functional groups attached to an aromatic ring is 1. The van der Waals surface area contributed by atoms with Crippen molar-refractivity contribution in [2.45, 2.75) is 39.1 Å². The van der Waals surface area contributed by atoms with Crippen LogP contribution in [0.2, 0.25) is 0 Å². The van der Waals surface area contributed by atoms with E-state index < -0.39 is 41.5 Å². The van der Waals surface area contributed by atoms with Crippen molar-refractivity contribution in [3.05, 3.63) is 71.7 Å². The van der Waals surface area contributed by atoms with E-state index in [9.17, 15) is 22.8 Å². The van der Waals surface area contributed by atoms with E-state index in [4.69, 9.17) is 20.6 Å². The third kappa shape index (κ3) is 8.22. The number of esters is 1. The van der Waals surface area contributed by atoms with Crippen molar-refractivity contribution in [2.75, 3.05) is 17.3 Å². The summed E-state index contributed by atoms with van der Waals surface area (Å²) in [6.07, 6.45) is -4.20. The molecular weight excluding hydrogens is 564 g/mol. The third-order valence-electron chi connectivity index (χ3n) is 5.29. The molecule has 3 rings (SSSR count). The van der Waals surface area contributed by atoms with Crippen molar-refractivity contribution in [3.63, 3.8) is 0 Å². The summed E-state index contributed by atoms with van der Waals surface area (Å²) in [7, 11) is 0. The molecule has 0 radical (unpaired) electrons. The Morgan fingerprint density at radius 2 is 1.81 bits per heavy atom. The molecule has 1 amide bonds. The first-order valence-electron chi connectivity index (χ1n) is 12.4. The maximum Gasteiger partial charge on any atom is 0.491 e. The maximum absolute atomic E-state index is 15.5. The van der Waals surface area contributed by atoms with Gasteiger partial charge in [-0.25, -0.2) is 14.2 Å². The second-order valence-electron chi connectivity index (χ2n) is 8.84. The van der Waals surface area contributed by atoms with E-state index in [1.165, 1.54) is 18.3 Å². The van der Waals surface area contributed by atoms with Crippen molar-refractivity contribution in [3.8, 4) is 17.2 Å². The standard InChI is InChI=1S/C27H28F4N6O5/c1-4-40-20-12-17(18(28)13-21(20)41-14(2)3)23(25(38)37-36-22-7-5-6-10-34-22)35-15-8-9-16(24(32)33)19(11-15)42-26(39)27(29,30)31/h5-14,23,35H,4H2,1-3H3,(H3,32,33)(H,34,36)(H,37,38). The fraction of sp³-hybridized carbons (Fsp3) is 0.259. The number of nitrogens with one attached hydrogen (secondary N) is 4. The van der Waals surface area contributed by atoms with Crippen LogP contribution in [0.15, 0.2) is 54.7 Å². The highest BCUT2D eigenvalue weighted by Gasteiger charge is 2.42. The van der Waals surface area contributed by atoms with Crippen LogP contribution < -0.4 is 36.1 Å². The smallest absolute Gasteiger partial charge is 0.490 e. The van der Waals surface area contributed by atoms with Crippen molar-refractivity contribution in [1.82, 2.24) is 10.4 Å².